The third-order valence-electron chi connectivity index (χ3n) is 4.14. The van der Waals surface area contributed by atoms with Crippen LogP contribution in [0, 0.1) is 10.1 Å². The third-order valence-corrected chi connectivity index (χ3v) is 5.11. The highest BCUT2D eigenvalue weighted by molar-refractivity contribution is 7.07. The van der Waals surface area contributed by atoms with Crippen LogP contribution in [-0.4, -0.2) is 15.4 Å². The summed E-state index contributed by atoms with van der Waals surface area (Å²) in [7, 11) is 1.70. The van der Waals surface area contributed by atoms with E-state index in [-0.39, 0.29) is 30.4 Å². The number of alkyl halides is 3. The number of carbonyl (C=O) groups excluding carboxylic acids is 1. The first-order valence-electron chi connectivity index (χ1n) is 8.53. The molecule has 1 amide bonds. The number of nitro groups is 1. The number of amides is 1. The number of thiazole rings is 1. The van der Waals surface area contributed by atoms with Crippen molar-refractivity contribution in [2.75, 3.05) is 5.32 Å². The van der Waals surface area contributed by atoms with Gasteiger partial charge >= 0.3 is 6.18 Å². The summed E-state index contributed by atoms with van der Waals surface area (Å²) in [4.78, 5) is 27.2. The van der Waals surface area contributed by atoms with Crippen molar-refractivity contribution in [2.24, 2.45) is 12.0 Å². The Morgan fingerprint density at radius 3 is 2.32 bits per heavy atom. The zero-order chi connectivity index (χ0) is 21.9. The van der Waals surface area contributed by atoms with Crippen LogP contribution < -0.4 is 10.1 Å². The minimum absolute atomic E-state index is 0. The molecular weight excluding hydrogens is 457 g/mol. The molecule has 164 valence electrons. The summed E-state index contributed by atoms with van der Waals surface area (Å²) in [6, 6.07) is 9.95. The Labute approximate surface area is 184 Å². The molecule has 0 unspecified atom stereocenters. The highest BCUT2D eigenvalue weighted by Crippen LogP contribution is 2.30. The van der Waals surface area contributed by atoms with Gasteiger partial charge in [0.05, 0.1) is 22.6 Å². The molecule has 0 saturated heterocycles. The van der Waals surface area contributed by atoms with Crippen LogP contribution in [0.1, 0.15) is 11.3 Å². The average Bonchev–Trinajstić information content (AvgIpc) is 3.01. The molecule has 0 radical (unpaired) electrons. The molecule has 1 heterocycles. The van der Waals surface area contributed by atoms with Crippen molar-refractivity contribution < 1.29 is 22.9 Å². The van der Waals surface area contributed by atoms with Gasteiger partial charge in [0, 0.05) is 35.9 Å². The highest BCUT2D eigenvalue weighted by Gasteiger charge is 2.29. The van der Waals surface area contributed by atoms with Gasteiger partial charge in [0.15, 0.2) is 4.80 Å². The number of carbonyl (C=O) groups is 1. The fourth-order valence-electron chi connectivity index (χ4n) is 2.53. The number of nitrogens with one attached hydrogen (secondary N) is 1. The van der Waals surface area contributed by atoms with Crippen molar-refractivity contribution in [1.82, 2.24) is 4.57 Å². The van der Waals surface area contributed by atoms with Crippen LogP contribution in [0.5, 0.6) is 0 Å². The van der Waals surface area contributed by atoms with Gasteiger partial charge in [-0.15, -0.1) is 23.7 Å². The van der Waals surface area contributed by atoms with E-state index in [4.69, 9.17) is 0 Å². The van der Waals surface area contributed by atoms with E-state index in [2.05, 4.69) is 10.3 Å². The van der Waals surface area contributed by atoms with Crippen LogP contribution in [0.15, 0.2) is 58.9 Å². The zero-order valence-corrected chi connectivity index (χ0v) is 17.6. The Balaban J connectivity index is 0.00000341. The monoisotopic (exact) mass is 472 g/mol. The van der Waals surface area contributed by atoms with Gasteiger partial charge in [-0.25, -0.2) is 4.99 Å². The number of rotatable bonds is 5. The number of anilines is 1. The molecule has 0 fully saturated rings. The molecule has 0 bridgehead atoms. The maximum Gasteiger partial charge on any atom is 0.416 e. The van der Waals surface area contributed by atoms with E-state index >= 15 is 0 Å². The lowest BCUT2D eigenvalue weighted by atomic mass is 10.2. The Bertz CT molecular complexity index is 1140. The molecule has 3 rings (SSSR count). The van der Waals surface area contributed by atoms with E-state index in [1.165, 1.54) is 47.7 Å². The molecule has 0 atom stereocenters. The summed E-state index contributed by atoms with van der Waals surface area (Å²) in [6.07, 6.45) is -4.37. The van der Waals surface area contributed by atoms with Crippen molar-refractivity contribution in [3.05, 3.63) is 80.1 Å². The molecule has 1 N–H and O–H groups in total. The Morgan fingerprint density at radius 1 is 1.16 bits per heavy atom. The standard InChI is InChI=1S/C19H15F3N4O3S.ClH/c1-25-16(10-17(27)23-13-6-8-15(9-7-13)26(28)29)11-30-18(25)24-14-4-2-12(3-5-14)19(20,21)22;/h2-9,11H,10H2,1H3,(H,23,27);1H. The predicted octanol–water partition coefficient (Wildman–Crippen LogP) is 4.85. The molecule has 12 heteroatoms. The SMILES string of the molecule is Cl.Cn1c(CC(=O)Nc2ccc([N+](=O)[O-])cc2)csc1=Nc1ccc(C(F)(F)F)cc1. The molecule has 31 heavy (non-hydrogen) atoms. The van der Waals surface area contributed by atoms with Crippen LogP contribution in [0.3, 0.4) is 0 Å². The minimum Gasteiger partial charge on any atom is -0.326 e. The third kappa shape index (κ3) is 6.15. The van der Waals surface area contributed by atoms with E-state index < -0.39 is 16.7 Å². The number of halogens is 4. The second-order valence-corrected chi connectivity index (χ2v) is 7.09. The topological polar surface area (TPSA) is 89.5 Å². The van der Waals surface area contributed by atoms with Crippen LogP contribution in [0.25, 0.3) is 0 Å². The van der Waals surface area contributed by atoms with Crippen molar-refractivity contribution in [1.29, 1.82) is 0 Å². The molecule has 7 nitrogen and oxygen atoms in total. The molecule has 0 aliphatic rings. The lowest BCUT2D eigenvalue weighted by molar-refractivity contribution is -0.384. The predicted molar refractivity (Wildman–Crippen MR) is 113 cm³/mol. The lowest BCUT2D eigenvalue weighted by Gasteiger charge is -2.06. The van der Waals surface area contributed by atoms with Gasteiger partial charge in [0.2, 0.25) is 5.91 Å². The summed E-state index contributed by atoms with van der Waals surface area (Å²) >= 11 is 1.25. The quantitative estimate of drug-likeness (QED) is 0.425. The van der Waals surface area contributed by atoms with Crippen molar-refractivity contribution in [3.8, 4) is 0 Å². The minimum atomic E-state index is -4.41. The van der Waals surface area contributed by atoms with E-state index in [1.54, 1.807) is 17.0 Å². The van der Waals surface area contributed by atoms with Gasteiger partial charge in [-0.3, -0.25) is 14.9 Å². The van der Waals surface area contributed by atoms with E-state index in [0.29, 0.717) is 21.9 Å². The first-order valence-corrected chi connectivity index (χ1v) is 9.41. The number of hydrogen-bond donors (Lipinski definition) is 1. The Morgan fingerprint density at radius 2 is 1.77 bits per heavy atom. The Hall–Kier alpha value is -3.18. The maximum atomic E-state index is 12.6. The van der Waals surface area contributed by atoms with Crippen molar-refractivity contribution in [3.63, 3.8) is 0 Å². The van der Waals surface area contributed by atoms with Gasteiger partial charge in [-0.2, -0.15) is 13.2 Å². The summed E-state index contributed by atoms with van der Waals surface area (Å²) < 4.78 is 39.6. The number of hydrogen-bond acceptors (Lipinski definition) is 5. The van der Waals surface area contributed by atoms with E-state index in [1.807, 2.05) is 0 Å². The van der Waals surface area contributed by atoms with Crippen LogP contribution in [0.4, 0.5) is 30.2 Å². The molecule has 2 aromatic carbocycles. The maximum absolute atomic E-state index is 12.6. The lowest BCUT2D eigenvalue weighted by Crippen LogP contribution is -2.19. The van der Waals surface area contributed by atoms with Gasteiger partial charge in [0.1, 0.15) is 0 Å². The number of aromatic nitrogens is 1. The van der Waals surface area contributed by atoms with Crippen LogP contribution in [0.2, 0.25) is 0 Å². The molecule has 3 aromatic rings. The molecule has 0 saturated carbocycles. The first-order chi connectivity index (χ1) is 14.1. The largest absolute Gasteiger partial charge is 0.416 e. The van der Waals surface area contributed by atoms with Gasteiger partial charge < -0.3 is 9.88 Å². The molecule has 0 aliphatic carbocycles. The van der Waals surface area contributed by atoms with Crippen LogP contribution >= 0.6 is 23.7 Å². The molecule has 0 aliphatic heterocycles. The fourth-order valence-corrected chi connectivity index (χ4v) is 3.45. The van der Waals surface area contributed by atoms with Gasteiger partial charge in [0.25, 0.3) is 5.69 Å². The molecule has 1 aromatic heterocycles. The van der Waals surface area contributed by atoms with Crippen molar-refractivity contribution >= 4 is 46.7 Å². The number of benzene rings is 2. The van der Waals surface area contributed by atoms with Crippen LogP contribution in [-0.2, 0) is 24.4 Å². The molecule has 0 spiro atoms. The molecular formula is C19H16ClF3N4O3S. The normalized spacial score (nSPS) is 11.7. The summed E-state index contributed by atoms with van der Waals surface area (Å²) in [5, 5.41) is 15.1. The Kier molecular flexibility index (Phi) is 7.58. The zero-order valence-electron chi connectivity index (χ0n) is 15.9. The second kappa shape index (κ2) is 9.75. The second-order valence-electron chi connectivity index (χ2n) is 6.25. The average molecular weight is 473 g/mol. The summed E-state index contributed by atoms with van der Waals surface area (Å²) in [5.41, 5.74) is 0.623. The smallest absolute Gasteiger partial charge is 0.326 e. The summed E-state index contributed by atoms with van der Waals surface area (Å²) in [6.45, 7) is 0. The first kappa shape index (κ1) is 24.1. The van der Waals surface area contributed by atoms with Gasteiger partial charge in [-0.05, 0) is 36.4 Å². The highest BCUT2D eigenvalue weighted by atomic mass is 35.5. The fraction of sp³-hybridized carbons (Fsp3) is 0.158. The summed E-state index contributed by atoms with van der Waals surface area (Å²) in [5.74, 6) is -0.321. The van der Waals surface area contributed by atoms with Gasteiger partial charge in [-0.1, -0.05) is 0 Å². The number of nitrogens with zero attached hydrogens (tertiary/aromatic N) is 3. The van der Waals surface area contributed by atoms with E-state index in [9.17, 15) is 28.1 Å². The van der Waals surface area contributed by atoms with Crippen molar-refractivity contribution in [2.45, 2.75) is 12.6 Å². The number of nitro benzene ring substituents is 1. The number of non-ortho nitro benzene ring substituents is 1. The van der Waals surface area contributed by atoms with E-state index in [0.717, 1.165) is 12.1 Å².